The van der Waals surface area contributed by atoms with Crippen LogP contribution in [0, 0.1) is 13.8 Å². The number of fused-ring (bicyclic) bond motifs is 1. The van der Waals surface area contributed by atoms with E-state index in [0.717, 1.165) is 41.1 Å². The minimum atomic E-state index is -0.0664. The Hall–Kier alpha value is -3.13. The molecule has 4 aromatic rings. The summed E-state index contributed by atoms with van der Waals surface area (Å²) in [6.07, 6.45) is 5.37. The van der Waals surface area contributed by atoms with Gasteiger partial charge in [-0.25, -0.2) is 4.98 Å². The molecule has 1 aliphatic heterocycles. The maximum atomic E-state index is 12.6. The first-order chi connectivity index (χ1) is 15.6. The fourth-order valence-corrected chi connectivity index (χ4v) is 4.94. The molecule has 5 rings (SSSR count). The van der Waals surface area contributed by atoms with Crippen molar-refractivity contribution < 1.29 is 0 Å². The largest absolute Gasteiger partial charge is 0.341 e. The van der Waals surface area contributed by atoms with Crippen LogP contribution in [0.1, 0.15) is 36.1 Å². The van der Waals surface area contributed by atoms with Gasteiger partial charge in [0.1, 0.15) is 5.65 Å². The lowest BCUT2D eigenvalue weighted by molar-refractivity contribution is 0.564. The SMILES string of the molecule is Cc1ccc(-n2c(SCc3cc(=O)n4cccc(C)c4n3)nnc2N2CCCCC2)cc1. The van der Waals surface area contributed by atoms with Crippen molar-refractivity contribution in [3.63, 3.8) is 0 Å². The first-order valence-corrected chi connectivity index (χ1v) is 12.0. The third-order valence-electron chi connectivity index (χ3n) is 5.84. The number of aromatic nitrogens is 5. The van der Waals surface area contributed by atoms with Crippen molar-refractivity contribution in [3.8, 4) is 5.69 Å². The molecule has 4 heterocycles. The minimum Gasteiger partial charge on any atom is -0.341 e. The topological polar surface area (TPSA) is 68.3 Å². The molecule has 8 heteroatoms. The summed E-state index contributed by atoms with van der Waals surface area (Å²) in [5.74, 6) is 1.43. The van der Waals surface area contributed by atoms with Crippen molar-refractivity contribution in [1.29, 1.82) is 0 Å². The smallest absolute Gasteiger partial charge is 0.258 e. The Morgan fingerprint density at radius 3 is 2.56 bits per heavy atom. The predicted molar refractivity (Wildman–Crippen MR) is 128 cm³/mol. The monoisotopic (exact) mass is 446 g/mol. The van der Waals surface area contributed by atoms with Gasteiger partial charge in [-0.05, 0) is 56.9 Å². The maximum absolute atomic E-state index is 12.6. The van der Waals surface area contributed by atoms with Crippen LogP contribution in [0.5, 0.6) is 0 Å². The van der Waals surface area contributed by atoms with Gasteiger partial charge in [0, 0.05) is 31.1 Å². The van der Waals surface area contributed by atoms with E-state index in [1.54, 1.807) is 28.4 Å². The molecular formula is C24H26N6OS. The second-order valence-corrected chi connectivity index (χ2v) is 9.20. The molecule has 0 N–H and O–H groups in total. The zero-order chi connectivity index (χ0) is 22.1. The lowest BCUT2D eigenvalue weighted by Gasteiger charge is -2.27. The number of nitrogens with zero attached hydrogens (tertiary/aromatic N) is 6. The number of rotatable bonds is 5. The van der Waals surface area contributed by atoms with Crippen LogP contribution in [-0.4, -0.2) is 37.2 Å². The van der Waals surface area contributed by atoms with E-state index in [-0.39, 0.29) is 5.56 Å². The second kappa shape index (κ2) is 8.78. The summed E-state index contributed by atoms with van der Waals surface area (Å²) in [6, 6.07) is 13.9. The molecule has 1 fully saturated rings. The van der Waals surface area contributed by atoms with E-state index in [2.05, 4.69) is 50.9 Å². The molecule has 32 heavy (non-hydrogen) atoms. The molecule has 0 atom stereocenters. The van der Waals surface area contributed by atoms with Crippen LogP contribution in [0.3, 0.4) is 0 Å². The Bertz CT molecular complexity index is 1300. The summed E-state index contributed by atoms with van der Waals surface area (Å²) >= 11 is 1.56. The highest BCUT2D eigenvalue weighted by Gasteiger charge is 2.21. The zero-order valence-electron chi connectivity index (χ0n) is 18.4. The van der Waals surface area contributed by atoms with E-state index in [1.807, 2.05) is 19.1 Å². The van der Waals surface area contributed by atoms with E-state index in [4.69, 9.17) is 4.98 Å². The quantitative estimate of drug-likeness (QED) is 0.429. The fraction of sp³-hybridized carbons (Fsp3) is 0.333. The van der Waals surface area contributed by atoms with E-state index in [9.17, 15) is 4.79 Å². The highest BCUT2D eigenvalue weighted by molar-refractivity contribution is 7.98. The van der Waals surface area contributed by atoms with Gasteiger partial charge >= 0.3 is 0 Å². The summed E-state index contributed by atoms with van der Waals surface area (Å²) in [7, 11) is 0. The Kier molecular flexibility index (Phi) is 5.70. The molecular weight excluding hydrogens is 420 g/mol. The molecule has 0 unspecified atom stereocenters. The third kappa shape index (κ3) is 4.02. The van der Waals surface area contributed by atoms with Gasteiger partial charge in [-0.2, -0.15) is 0 Å². The molecule has 164 valence electrons. The van der Waals surface area contributed by atoms with Crippen molar-refractivity contribution >= 4 is 23.4 Å². The molecule has 0 spiro atoms. The standard InChI is InChI=1S/C24H26N6OS/c1-17-8-10-20(11-9-17)30-23(28-12-4-3-5-13-28)26-27-24(30)32-16-19-15-21(31)29-14-6-7-18(2)22(29)25-19/h6-11,14-15H,3-5,12-13,16H2,1-2H3. The molecule has 0 amide bonds. The van der Waals surface area contributed by atoms with Gasteiger partial charge < -0.3 is 4.90 Å². The molecule has 0 aliphatic carbocycles. The summed E-state index contributed by atoms with van der Waals surface area (Å²) in [6.45, 7) is 6.05. The summed E-state index contributed by atoms with van der Waals surface area (Å²) in [5.41, 5.74) is 4.62. The van der Waals surface area contributed by atoms with Crippen LogP contribution in [-0.2, 0) is 5.75 Å². The van der Waals surface area contributed by atoms with Crippen LogP contribution in [0.25, 0.3) is 11.3 Å². The lowest BCUT2D eigenvalue weighted by atomic mass is 10.1. The molecule has 7 nitrogen and oxygen atoms in total. The zero-order valence-corrected chi connectivity index (χ0v) is 19.2. The number of benzene rings is 1. The van der Waals surface area contributed by atoms with Gasteiger partial charge in [0.2, 0.25) is 5.95 Å². The van der Waals surface area contributed by atoms with Crippen molar-refractivity contribution in [2.24, 2.45) is 0 Å². The first-order valence-electron chi connectivity index (χ1n) is 11.0. The lowest BCUT2D eigenvalue weighted by Crippen LogP contribution is -2.31. The van der Waals surface area contributed by atoms with Gasteiger partial charge in [-0.1, -0.05) is 35.5 Å². The van der Waals surface area contributed by atoms with Gasteiger partial charge in [-0.15, -0.1) is 10.2 Å². The van der Waals surface area contributed by atoms with Crippen LogP contribution < -0.4 is 10.5 Å². The second-order valence-electron chi connectivity index (χ2n) is 8.26. The molecule has 3 aromatic heterocycles. The summed E-state index contributed by atoms with van der Waals surface area (Å²) in [4.78, 5) is 19.6. The third-order valence-corrected chi connectivity index (χ3v) is 6.80. The summed E-state index contributed by atoms with van der Waals surface area (Å²) < 4.78 is 3.72. The highest BCUT2D eigenvalue weighted by atomic mass is 32.2. The Morgan fingerprint density at radius 2 is 1.78 bits per heavy atom. The van der Waals surface area contributed by atoms with E-state index < -0.39 is 0 Å². The van der Waals surface area contributed by atoms with Crippen molar-refractivity contribution in [2.45, 2.75) is 44.0 Å². The van der Waals surface area contributed by atoms with Crippen LogP contribution >= 0.6 is 11.8 Å². The molecule has 1 saturated heterocycles. The van der Waals surface area contributed by atoms with Crippen molar-refractivity contribution in [2.75, 3.05) is 18.0 Å². The summed E-state index contributed by atoms with van der Waals surface area (Å²) in [5, 5.41) is 9.90. The molecule has 0 bridgehead atoms. The molecule has 0 saturated carbocycles. The molecule has 0 radical (unpaired) electrons. The van der Waals surface area contributed by atoms with E-state index in [0.29, 0.717) is 11.4 Å². The van der Waals surface area contributed by atoms with Crippen LogP contribution in [0.2, 0.25) is 0 Å². The van der Waals surface area contributed by atoms with Gasteiger partial charge in [0.15, 0.2) is 5.16 Å². The number of aryl methyl sites for hydroxylation is 2. The van der Waals surface area contributed by atoms with Gasteiger partial charge in [0.05, 0.1) is 11.4 Å². The molecule has 1 aromatic carbocycles. The van der Waals surface area contributed by atoms with Gasteiger partial charge in [0.25, 0.3) is 5.56 Å². The van der Waals surface area contributed by atoms with E-state index in [1.165, 1.54) is 24.8 Å². The molecule has 1 aliphatic rings. The first kappa shape index (κ1) is 20.8. The number of thioether (sulfide) groups is 1. The van der Waals surface area contributed by atoms with Crippen molar-refractivity contribution in [3.05, 3.63) is 75.8 Å². The van der Waals surface area contributed by atoms with Gasteiger partial charge in [-0.3, -0.25) is 13.8 Å². The number of hydrogen-bond donors (Lipinski definition) is 0. The minimum absolute atomic E-state index is 0.0664. The van der Waals surface area contributed by atoms with E-state index >= 15 is 0 Å². The Morgan fingerprint density at radius 1 is 1.00 bits per heavy atom. The number of anilines is 1. The van der Waals surface area contributed by atoms with Crippen LogP contribution in [0.15, 0.2) is 58.6 Å². The van der Waals surface area contributed by atoms with Crippen LogP contribution in [0.4, 0.5) is 5.95 Å². The Balaban J connectivity index is 1.49. The number of pyridine rings is 1. The predicted octanol–water partition coefficient (Wildman–Crippen LogP) is 4.17. The van der Waals surface area contributed by atoms with Crippen molar-refractivity contribution in [1.82, 2.24) is 24.1 Å². The number of hydrogen-bond acceptors (Lipinski definition) is 6. The maximum Gasteiger partial charge on any atom is 0.258 e. The highest BCUT2D eigenvalue weighted by Crippen LogP contribution is 2.30. The fourth-order valence-electron chi connectivity index (χ4n) is 4.10. The number of piperidine rings is 1. The normalized spacial score (nSPS) is 14.2. The Labute approximate surface area is 191 Å². The average Bonchev–Trinajstić information content (AvgIpc) is 3.23. The average molecular weight is 447 g/mol.